The molecule has 1 aromatic heterocycles. The molecule has 24 heavy (non-hydrogen) atoms. The summed E-state index contributed by atoms with van der Waals surface area (Å²) in [7, 11) is 0. The molecule has 2 fully saturated rings. The van der Waals surface area contributed by atoms with Gasteiger partial charge in [0, 0.05) is 43.6 Å². The monoisotopic (exact) mass is 348 g/mol. The van der Waals surface area contributed by atoms with Crippen molar-refractivity contribution in [3.05, 3.63) is 22.4 Å². The second kappa shape index (κ2) is 8.08. The summed E-state index contributed by atoms with van der Waals surface area (Å²) in [6, 6.07) is 6.49. The number of carbonyl (C=O) groups excluding carboxylic acids is 1. The van der Waals surface area contributed by atoms with E-state index in [-0.39, 0.29) is 11.9 Å². The van der Waals surface area contributed by atoms with Crippen molar-refractivity contribution in [1.29, 1.82) is 5.26 Å². The van der Waals surface area contributed by atoms with Gasteiger partial charge in [-0.15, -0.1) is 11.3 Å². The van der Waals surface area contributed by atoms with Crippen molar-refractivity contribution >= 4 is 17.2 Å². The van der Waals surface area contributed by atoms with E-state index in [2.05, 4.69) is 22.8 Å². The lowest BCUT2D eigenvalue weighted by atomic mass is 10.2. The van der Waals surface area contributed by atoms with E-state index >= 15 is 0 Å². The first-order valence-electron chi connectivity index (χ1n) is 8.45. The van der Waals surface area contributed by atoms with Gasteiger partial charge >= 0.3 is 0 Å². The lowest BCUT2D eigenvalue weighted by Crippen LogP contribution is -2.54. The van der Waals surface area contributed by atoms with E-state index in [4.69, 9.17) is 4.74 Å². The minimum atomic E-state index is -0.193. The molecule has 2 atom stereocenters. The molecule has 0 aliphatic carbocycles. The van der Waals surface area contributed by atoms with Crippen LogP contribution in [0.15, 0.2) is 17.5 Å². The van der Waals surface area contributed by atoms with Crippen LogP contribution in [-0.4, -0.2) is 79.1 Å². The Morgan fingerprint density at radius 1 is 1.42 bits per heavy atom. The van der Waals surface area contributed by atoms with E-state index in [0.717, 1.165) is 24.5 Å². The fraction of sp³-hybridized carbons (Fsp3) is 0.647. The van der Waals surface area contributed by atoms with Gasteiger partial charge in [-0.05, 0) is 18.4 Å². The first-order valence-corrected chi connectivity index (χ1v) is 9.33. The van der Waals surface area contributed by atoms with Gasteiger partial charge in [0.2, 0.25) is 5.91 Å². The summed E-state index contributed by atoms with van der Waals surface area (Å²) >= 11 is 1.62. The number of carbonyl (C=O) groups is 1. The fourth-order valence-electron chi connectivity index (χ4n) is 3.27. The van der Waals surface area contributed by atoms with Crippen LogP contribution in [0.2, 0.25) is 0 Å². The Labute approximate surface area is 147 Å². The van der Waals surface area contributed by atoms with E-state index in [1.807, 2.05) is 22.4 Å². The number of nitriles is 1. The van der Waals surface area contributed by atoms with Gasteiger partial charge in [0.25, 0.3) is 0 Å². The van der Waals surface area contributed by atoms with Crippen molar-refractivity contribution in [3.8, 4) is 6.07 Å². The van der Waals surface area contributed by atoms with E-state index < -0.39 is 0 Å². The number of nitrogens with zero attached hydrogens (tertiary/aromatic N) is 4. The fourth-order valence-corrected chi connectivity index (χ4v) is 4.07. The molecular formula is C17H24N4O2S. The summed E-state index contributed by atoms with van der Waals surface area (Å²) in [5.74, 6) is 0.188. The lowest BCUT2D eigenvalue weighted by Gasteiger charge is -2.39. The molecule has 0 bridgehead atoms. The summed E-state index contributed by atoms with van der Waals surface area (Å²) in [5, 5.41) is 11.5. The van der Waals surface area contributed by atoms with Crippen LogP contribution >= 0.6 is 11.3 Å². The van der Waals surface area contributed by atoms with Crippen LogP contribution in [0.3, 0.4) is 0 Å². The van der Waals surface area contributed by atoms with Crippen molar-refractivity contribution in [3.63, 3.8) is 0 Å². The van der Waals surface area contributed by atoms with Crippen LogP contribution < -0.4 is 0 Å². The smallest absolute Gasteiger partial charge is 0.236 e. The molecule has 0 unspecified atom stereocenters. The van der Waals surface area contributed by atoms with Crippen molar-refractivity contribution in [2.75, 3.05) is 52.5 Å². The Morgan fingerprint density at radius 3 is 2.83 bits per heavy atom. The molecule has 0 spiro atoms. The van der Waals surface area contributed by atoms with Gasteiger partial charge in [-0.25, -0.2) is 0 Å². The Kier molecular flexibility index (Phi) is 5.85. The Morgan fingerprint density at radius 2 is 2.21 bits per heavy atom. The molecule has 3 heterocycles. The van der Waals surface area contributed by atoms with E-state index in [1.165, 1.54) is 0 Å². The molecule has 1 aromatic rings. The van der Waals surface area contributed by atoms with Crippen LogP contribution in [0, 0.1) is 11.3 Å². The number of hydrogen-bond acceptors (Lipinski definition) is 6. The first-order chi connectivity index (χ1) is 11.7. The molecule has 130 valence electrons. The quantitative estimate of drug-likeness (QED) is 0.818. The molecule has 0 saturated carbocycles. The predicted octanol–water partition coefficient (Wildman–Crippen LogP) is 1.18. The molecule has 0 radical (unpaired) electrons. The zero-order chi connectivity index (χ0) is 16.9. The van der Waals surface area contributed by atoms with Crippen LogP contribution in [0.5, 0.6) is 0 Å². The highest BCUT2D eigenvalue weighted by Crippen LogP contribution is 2.25. The molecule has 3 rings (SSSR count). The van der Waals surface area contributed by atoms with Crippen LogP contribution in [-0.2, 0) is 9.53 Å². The Balaban J connectivity index is 1.51. The second-order valence-electron chi connectivity index (χ2n) is 6.36. The summed E-state index contributed by atoms with van der Waals surface area (Å²) in [6.45, 7) is 7.69. The number of thiophene rings is 1. The van der Waals surface area contributed by atoms with Crippen molar-refractivity contribution in [2.24, 2.45) is 0 Å². The lowest BCUT2D eigenvalue weighted by molar-refractivity contribution is -0.136. The maximum atomic E-state index is 12.5. The van der Waals surface area contributed by atoms with Crippen molar-refractivity contribution < 1.29 is 9.53 Å². The second-order valence-corrected chi connectivity index (χ2v) is 7.34. The summed E-state index contributed by atoms with van der Waals surface area (Å²) in [6.07, 6.45) is 0. The number of piperazine rings is 1. The molecule has 0 aromatic carbocycles. The first kappa shape index (κ1) is 17.4. The van der Waals surface area contributed by atoms with Crippen LogP contribution in [0.4, 0.5) is 0 Å². The van der Waals surface area contributed by atoms with Gasteiger partial charge in [0.05, 0.1) is 25.8 Å². The Hall–Kier alpha value is -1.46. The van der Waals surface area contributed by atoms with E-state index in [1.54, 1.807) is 11.3 Å². The minimum Gasteiger partial charge on any atom is -0.379 e. The molecule has 6 nitrogen and oxygen atoms in total. The maximum absolute atomic E-state index is 12.5. The van der Waals surface area contributed by atoms with Crippen molar-refractivity contribution in [2.45, 2.75) is 19.0 Å². The van der Waals surface area contributed by atoms with E-state index in [0.29, 0.717) is 38.9 Å². The molecular weight excluding hydrogens is 324 g/mol. The molecule has 2 aliphatic heterocycles. The normalized spacial score (nSPS) is 24.5. The van der Waals surface area contributed by atoms with Gasteiger partial charge in [-0.3, -0.25) is 14.6 Å². The van der Waals surface area contributed by atoms with Gasteiger partial charge in [0.15, 0.2) is 0 Å². The van der Waals surface area contributed by atoms with Gasteiger partial charge < -0.3 is 9.64 Å². The Bertz CT molecular complexity index is 578. The van der Waals surface area contributed by atoms with Crippen molar-refractivity contribution in [1.82, 2.24) is 14.7 Å². The van der Waals surface area contributed by atoms with Crippen LogP contribution in [0.25, 0.3) is 0 Å². The molecule has 0 N–H and O–H groups in total. The third kappa shape index (κ3) is 3.95. The third-order valence-electron chi connectivity index (χ3n) is 4.81. The standard InChI is InChI=1S/C17H24N4O2S/c1-14-13-23-9-8-21(14)12-17(22)20-6-4-19(5-7-20)15(11-18)16-3-2-10-24-16/h2-3,10,14-15H,4-9,12-13H2,1H3/t14-,15-/m1/s1. The maximum Gasteiger partial charge on any atom is 0.236 e. The number of morpholine rings is 1. The summed E-state index contributed by atoms with van der Waals surface area (Å²) < 4.78 is 5.42. The largest absolute Gasteiger partial charge is 0.379 e. The summed E-state index contributed by atoms with van der Waals surface area (Å²) in [4.78, 5) is 19.9. The summed E-state index contributed by atoms with van der Waals surface area (Å²) in [5.41, 5.74) is 0. The van der Waals surface area contributed by atoms with Gasteiger partial charge in [0.1, 0.15) is 6.04 Å². The SMILES string of the molecule is C[C@@H]1COCCN1CC(=O)N1CCN([C@H](C#N)c2cccs2)CC1. The highest BCUT2D eigenvalue weighted by atomic mass is 32.1. The average Bonchev–Trinajstić information content (AvgIpc) is 3.12. The highest BCUT2D eigenvalue weighted by molar-refractivity contribution is 7.10. The third-order valence-corrected chi connectivity index (χ3v) is 5.74. The average molecular weight is 348 g/mol. The van der Waals surface area contributed by atoms with Crippen LogP contribution in [0.1, 0.15) is 17.8 Å². The molecule has 1 amide bonds. The number of ether oxygens (including phenoxy) is 1. The number of rotatable bonds is 4. The molecule has 2 aliphatic rings. The topological polar surface area (TPSA) is 59.8 Å². The minimum absolute atomic E-state index is 0.188. The zero-order valence-corrected chi connectivity index (χ0v) is 14.9. The van der Waals surface area contributed by atoms with Gasteiger partial charge in [-0.2, -0.15) is 5.26 Å². The molecule has 2 saturated heterocycles. The number of amides is 1. The molecule has 7 heteroatoms. The van der Waals surface area contributed by atoms with Gasteiger partial charge in [-0.1, -0.05) is 6.07 Å². The zero-order valence-electron chi connectivity index (χ0n) is 14.1. The predicted molar refractivity (Wildman–Crippen MR) is 92.7 cm³/mol. The highest BCUT2D eigenvalue weighted by Gasteiger charge is 2.29. The number of hydrogen-bond donors (Lipinski definition) is 0. The van der Waals surface area contributed by atoms with E-state index in [9.17, 15) is 10.1 Å².